The Morgan fingerprint density at radius 3 is 2.69 bits per heavy atom. The van der Waals surface area contributed by atoms with E-state index >= 15 is 0 Å². The van der Waals surface area contributed by atoms with Crippen LogP contribution in [-0.2, 0) is 19.6 Å². The number of ether oxygens (including phenoxy) is 1. The van der Waals surface area contributed by atoms with Gasteiger partial charge in [0.05, 0.1) is 11.4 Å². The molecule has 9 nitrogen and oxygen atoms in total. The lowest BCUT2D eigenvalue weighted by molar-refractivity contribution is -0.133. The number of nitrogens with zero attached hydrogens (tertiary/aromatic N) is 3. The summed E-state index contributed by atoms with van der Waals surface area (Å²) < 4.78 is 58.1. The van der Waals surface area contributed by atoms with Crippen LogP contribution in [0.15, 0.2) is 48.0 Å². The van der Waals surface area contributed by atoms with Crippen LogP contribution >= 0.6 is 0 Å². The maximum atomic E-state index is 13.4. The molecular formula is C20H20F2N4O5S. The molecule has 170 valence electrons. The SMILES string of the molecule is C=CC(=O)NCC(=O)N1C[C@H]2C[C@@H]1CN2S(=O)(=O)c1cccc2c(OC(F)F)nccc12. The first-order valence-corrected chi connectivity index (χ1v) is 11.2. The van der Waals surface area contributed by atoms with Crippen LogP contribution in [0.3, 0.4) is 0 Å². The van der Waals surface area contributed by atoms with E-state index in [2.05, 4.69) is 21.6 Å². The lowest BCUT2D eigenvalue weighted by Crippen LogP contribution is -2.52. The van der Waals surface area contributed by atoms with Crippen molar-refractivity contribution >= 4 is 32.6 Å². The van der Waals surface area contributed by atoms with E-state index in [-0.39, 0.29) is 53.1 Å². The highest BCUT2D eigenvalue weighted by atomic mass is 32.2. The van der Waals surface area contributed by atoms with Gasteiger partial charge in [-0.05, 0) is 30.7 Å². The van der Waals surface area contributed by atoms with E-state index < -0.39 is 28.6 Å². The number of rotatable bonds is 7. The van der Waals surface area contributed by atoms with Gasteiger partial charge in [-0.2, -0.15) is 13.1 Å². The van der Waals surface area contributed by atoms with Gasteiger partial charge < -0.3 is 15.0 Å². The number of alkyl halides is 2. The van der Waals surface area contributed by atoms with Gasteiger partial charge in [-0.25, -0.2) is 13.4 Å². The lowest BCUT2D eigenvalue weighted by atomic mass is 10.2. The maximum Gasteiger partial charge on any atom is 0.388 e. The molecule has 2 atom stereocenters. The second kappa shape index (κ2) is 8.43. The molecule has 0 saturated carbocycles. The molecule has 1 aromatic carbocycles. The molecule has 0 aliphatic carbocycles. The zero-order valence-electron chi connectivity index (χ0n) is 16.8. The molecule has 2 amide bonds. The number of sulfonamides is 1. The number of aromatic nitrogens is 1. The third-order valence-corrected chi connectivity index (χ3v) is 7.60. The topological polar surface area (TPSA) is 109 Å². The maximum absolute atomic E-state index is 13.4. The van der Waals surface area contributed by atoms with Gasteiger partial charge in [0.2, 0.25) is 27.7 Å². The molecule has 12 heteroatoms. The average molecular weight is 466 g/mol. The molecule has 1 aromatic heterocycles. The molecule has 3 heterocycles. The Morgan fingerprint density at radius 1 is 1.25 bits per heavy atom. The Labute approximate surface area is 182 Å². The van der Waals surface area contributed by atoms with Crippen molar-refractivity contribution in [2.24, 2.45) is 0 Å². The molecule has 2 saturated heterocycles. The monoisotopic (exact) mass is 466 g/mol. The standard InChI is InChI=1S/C20H20F2N4O5S/c1-2-17(27)24-9-18(28)25-10-13-8-12(25)11-26(13)32(29,30)16-5-3-4-15-14(16)6-7-23-19(15)31-20(21)22/h2-7,12-13,20H,1,8-11H2,(H,24,27)/t12-,13-/m1/s1. The molecule has 1 N–H and O–H groups in total. The van der Waals surface area contributed by atoms with Crippen molar-refractivity contribution < 1.29 is 31.5 Å². The number of carbonyl (C=O) groups excluding carboxylic acids is 2. The Kier molecular flexibility index (Phi) is 5.82. The van der Waals surface area contributed by atoms with E-state index in [0.717, 1.165) is 6.08 Å². The third kappa shape index (κ3) is 3.91. The molecule has 2 aliphatic heterocycles. The number of halogens is 2. The highest BCUT2D eigenvalue weighted by molar-refractivity contribution is 7.89. The first-order valence-electron chi connectivity index (χ1n) is 9.76. The van der Waals surface area contributed by atoms with Gasteiger partial charge in [-0.15, -0.1) is 0 Å². The van der Waals surface area contributed by atoms with Crippen molar-refractivity contribution in [2.45, 2.75) is 30.0 Å². The minimum atomic E-state index is -3.98. The molecule has 32 heavy (non-hydrogen) atoms. The molecule has 0 radical (unpaired) electrons. The summed E-state index contributed by atoms with van der Waals surface area (Å²) in [4.78, 5) is 29.0. The summed E-state index contributed by atoms with van der Waals surface area (Å²) in [6.07, 6.45) is 2.76. The van der Waals surface area contributed by atoms with Gasteiger partial charge >= 0.3 is 6.61 Å². The number of hydrogen-bond donors (Lipinski definition) is 1. The van der Waals surface area contributed by atoms with Crippen molar-refractivity contribution in [3.63, 3.8) is 0 Å². The van der Waals surface area contributed by atoms with Gasteiger partial charge in [0.25, 0.3) is 0 Å². The van der Waals surface area contributed by atoms with Crippen LogP contribution in [0.5, 0.6) is 5.88 Å². The van der Waals surface area contributed by atoms with Crippen LogP contribution in [0.1, 0.15) is 6.42 Å². The Morgan fingerprint density at radius 2 is 2.03 bits per heavy atom. The van der Waals surface area contributed by atoms with Gasteiger partial charge in [-0.1, -0.05) is 12.6 Å². The van der Waals surface area contributed by atoms with E-state index in [4.69, 9.17) is 0 Å². The summed E-state index contributed by atoms with van der Waals surface area (Å²) in [5.41, 5.74) is 0. The van der Waals surface area contributed by atoms with Crippen molar-refractivity contribution in [3.8, 4) is 5.88 Å². The van der Waals surface area contributed by atoms with Crippen molar-refractivity contribution in [3.05, 3.63) is 43.1 Å². The van der Waals surface area contributed by atoms with E-state index in [1.807, 2.05) is 0 Å². The summed E-state index contributed by atoms with van der Waals surface area (Å²) in [7, 11) is -3.98. The highest BCUT2D eigenvalue weighted by Crippen LogP contribution is 2.37. The molecular weight excluding hydrogens is 446 g/mol. The number of likely N-dealkylation sites (tertiary alicyclic amines) is 1. The smallest absolute Gasteiger partial charge is 0.388 e. The number of nitrogens with one attached hydrogen (secondary N) is 1. The van der Waals surface area contributed by atoms with Crippen LogP contribution in [0.2, 0.25) is 0 Å². The summed E-state index contributed by atoms with van der Waals surface area (Å²) in [5, 5.41) is 2.81. The number of fused-ring (bicyclic) bond motifs is 3. The fourth-order valence-electron chi connectivity index (χ4n) is 4.25. The molecule has 0 spiro atoms. The number of benzene rings is 1. The van der Waals surface area contributed by atoms with Crippen molar-refractivity contribution in [1.82, 2.24) is 19.5 Å². The Balaban J connectivity index is 1.56. The largest absolute Gasteiger partial charge is 0.416 e. The summed E-state index contributed by atoms with van der Waals surface area (Å²) in [6, 6.07) is 5.03. The number of piperazine rings is 1. The number of pyridine rings is 1. The van der Waals surface area contributed by atoms with Gasteiger partial charge in [0, 0.05) is 42.1 Å². The molecule has 2 bridgehead atoms. The molecule has 2 aliphatic rings. The molecule has 2 fully saturated rings. The van der Waals surface area contributed by atoms with E-state index in [1.165, 1.54) is 34.8 Å². The number of amides is 2. The number of hydrogen-bond acceptors (Lipinski definition) is 6. The summed E-state index contributed by atoms with van der Waals surface area (Å²) >= 11 is 0. The van der Waals surface area contributed by atoms with Crippen LogP contribution in [-0.4, -0.2) is 72.8 Å². The Hall–Kier alpha value is -3.12. The van der Waals surface area contributed by atoms with E-state index in [0.29, 0.717) is 6.42 Å². The molecule has 0 unspecified atom stereocenters. The third-order valence-electron chi connectivity index (χ3n) is 5.63. The fraction of sp³-hybridized carbons (Fsp3) is 0.350. The predicted octanol–water partition coefficient (Wildman–Crippen LogP) is 1.11. The highest BCUT2D eigenvalue weighted by Gasteiger charge is 2.50. The minimum absolute atomic E-state index is 0.0415. The summed E-state index contributed by atoms with van der Waals surface area (Å²) in [6.45, 7) is 0.351. The lowest BCUT2D eigenvalue weighted by Gasteiger charge is -2.33. The fourth-order valence-corrected chi connectivity index (χ4v) is 6.12. The normalized spacial score (nSPS) is 20.7. The zero-order valence-corrected chi connectivity index (χ0v) is 17.6. The second-order valence-corrected chi connectivity index (χ2v) is 9.29. The van der Waals surface area contributed by atoms with Crippen LogP contribution in [0, 0.1) is 0 Å². The molecule has 4 rings (SSSR count). The number of carbonyl (C=O) groups is 2. The molecule has 2 aromatic rings. The van der Waals surface area contributed by atoms with E-state index in [1.54, 1.807) is 4.90 Å². The first-order chi connectivity index (χ1) is 15.2. The summed E-state index contributed by atoms with van der Waals surface area (Å²) in [5.74, 6) is -1.11. The minimum Gasteiger partial charge on any atom is -0.416 e. The predicted molar refractivity (Wildman–Crippen MR) is 109 cm³/mol. The quantitative estimate of drug-likeness (QED) is 0.613. The van der Waals surface area contributed by atoms with Crippen LogP contribution in [0.4, 0.5) is 8.78 Å². The first kappa shape index (κ1) is 22.1. The van der Waals surface area contributed by atoms with E-state index in [9.17, 15) is 26.8 Å². The van der Waals surface area contributed by atoms with Crippen LogP contribution < -0.4 is 10.1 Å². The zero-order chi connectivity index (χ0) is 23.0. The van der Waals surface area contributed by atoms with Crippen molar-refractivity contribution in [1.29, 1.82) is 0 Å². The van der Waals surface area contributed by atoms with Gasteiger partial charge in [0.1, 0.15) is 0 Å². The van der Waals surface area contributed by atoms with Gasteiger partial charge in [0.15, 0.2) is 0 Å². The van der Waals surface area contributed by atoms with Crippen molar-refractivity contribution in [2.75, 3.05) is 19.6 Å². The second-order valence-electron chi connectivity index (χ2n) is 7.43. The average Bonchev–Trinajstić information content (AvgIpc) is 3.38. The van der Waals surface area contributed by atoms with Gasteiger partial charge in [-0.3, -0.25) is 9.59 Å². The van der Waals surface area contributed by atoms with Crippen LogP contribution in [0.25, 0.3) is 10.8 Å². The Bertz CT molecular complexity index is 1190.